The first-order chi connectivity index (χ1) is 8.52. The lowest BCUT2D eigenvalue weighted by Gasteiger charge is -2.08. The Morgan fingerprint density at radius 1 is 1.28 bits per heavy atom. The highest BCUT2D eigenvalue weighted by atomic mass is 35.5. The van der Waals surface area contributed by atoms with Crippen LogP contribution in [0, 0.1) is 5.82 Å². The summed E-state index contributed by atoms with van der Waals surface area (Å²) in [6.07, 6.45) is 0. The second-order valence-electron chi connectivity index (χ2n) is 3.64. The standard InChI is InChI=1S/C12H14ClFN2O2/c1-8(13)11(17)15-6-7-16-12(18)9-4-2-3-5-10(9)14/h2-5,8H,6-7H2,1H3,(H,15,17)(H,16,18). The minimum Gasteiger partial charge on any atom is -0.353 e. The molecule has 6 heteroatoms. The van der Waals surface area contributed by atoms with Gasteiger partial charge in [0.2, 0.25) is 5.91 Å². The average Bonchev–Trinajstić information content (AvgIpc) is 2.34. The fraction of sp³-hybridized carbons (Fsp3) is 0.333. The number of alkyl halides is 1. The second-order valence-corrected chi connectivity index (χ2v) is 4.30. The first-order valence-corrected chi connectivity index (χ1v) is 5.90. The van der Waals surface area contributed by atoms with E-state index in [0.29, 0.717) is 0 Å². The van der Waals surface area contributed by atoms with Gasteiger partial charge in [0.25, 0.3) is 5.91 Å². The number of carbonyl (C=O) groups excluding carboxylic acids is 2. The predicted octanol–water partition coefficient (Wildman–Crippen LogP) is 1.30. The van der Waals surface area contributed by atoms with E-state index < -0.39 is 17.1 Å². The molecule has 1 aromatic rings. The van der Waals surface area contributed by atoms with Gasteiger partial charge in [-0.1, -0.05) is 12.1 Å². The van der Waals surface area contributed by atoms with Crippen molar-refractivity contribution in [3.63, 3.8) is 0 Å². The maximum Gasteiger partial charge on any atom is 0.254 e. The third kappa shape index (κ3) is 4.33. The highest BCUT2D eigenvalue weighted by Gasteiger charge is 2.10. The molecule has 0 radical (unpaired) electrons. The molecule has 0 bridgehead atoms. The summed E-state index contributed by atoms with van der Waals surface area (Å²) >= 11 is 5.54. The zero-order valence-corrected chi connectivity index (χ0v) is 10.6. The van der Waals surface area contributed by atoms with Crippen molar-refractivity contribution in [2.75, 3.05) is 13.1 Å². The van der Waals surface area contributed by atoms with Crippen molar-refractivity contribution in [3.8, 4) is 0 Å². The highest BCUT2D eigenvalue weighted by Crippen LogP contribution is 2.05. The lowest BCUT2D eigenvalue weighted by atomic mass is 10.2. The van der Waals surface area contributed by atoms with Gasteiger partial charge in [-0.3, -0.25) is 9.59 Å². The molecule has 0 spiro atoms. The van der Waals surface area contributed by atoms with Crippen LogP contribution in [0.15, 0.2) is 24.3 Å². The number of hydrogen-bond donors (Lipinski definition) is 2. The van der Waals surface area contributed by atoms with E-state index in [0.717, 1.165) is 0 Å². The van der Waals surface area contributed by atoms with Crippen molar-refractivity contribution in [2.45, 2.75) is 12.3 Å². The van der Waals surface area contributed by atoms with Crippen LogP contribution in [0.25, 0.3) is 0 Å². The summed E-state index contributed by atoms with van der Waals surface area (Å²) < 4.78 is 13.2. The molecule has 4 nitrogen and oxygen atoms in total. The fourth-order valence-electron chi connectivity index (χ4n) is 1.24. The van der Waals surface area contributed by atoms with Crippen LogP contribution >= 0.6 is 11.6 Å². The zero-order valence-electron chi connectivity index (χ0n) is 9.87. The van der Waals surface area contributed by atoms with E-state index in [-0.39, 0.29) is 24.6 Å². The van der Waals surface area contributed by atoms with Crippen molar-refractivity contribution < 1.29 is 14.0 Å². The monoisotopic (exact) mass is 272 g/mol. The van der Waals surface area contributed by atoms with Crippen LogP contribution in [0.4, 0.5) is 4.39 Å². The Kier molecular flexibility index (Phi) is 5.58. The van der Waals surface area contributed by atoms with Crippen LogP contribution in [-0.2, 0) is 4.79 Å². The van der Waals surface area contributed by atoms with Gasteiger partial charge in [0.15, 0.2) is 0 Å². The molecule has 0 saturated heterocycles. The maximum absolute atomic E-state index is 13.2. The van der Waals surface area contributed by atoms with Crippen LogP contribution in [0.3, 0.4) is 0 Å². The van der Waals surface area contributed by atoms with E-state index in [1.54, 1.807) is 13.0 Å². The first-order valence-electron chi connectivity index (χ1n) is 5.47. The first kappa shape index (κ1) is 14.4. The van der Waals surface area contributed by atoms with Gasteiger partial charge in [-0.05, 0) is 19.1 Å². The normalized spacial score (nSPS) is 11.7. The predicted molar refractivity (Wildman–Crippen MR) is 67.1 cm³/mol. The minimum absolute atomic E-state index is 0.0189. The molecule has 2 amide bonds. The number of hydrogen-bond acceptors (Lipinski definition) is 2. The smallest absolute Gasteiger partial charge is 0.254 e. The number of halogens is 2. The number of rotatable bonds is 5. The Morgan fingerprint density at radius 2 is 1.89 bits per heavy atom. The number of benzene rings is 1. The van der Waals surface area contributed by atoms with Crippen LogP contribution < -0.4 is 10.6 Å². The molecule has 1 atom stereocenters. The fourth-order valence-corrected chi connectivity index (χ4v) is 1.32. The third-order valence-electron chi connectivity index (χ3n) is 2.19. The molecule has 0 aliphatic heterocycles. The minimum atomic E-state index is -0.618. The van der Waals surface area contributed by atoms with Crippen LogP contribution in [0.2, 0.25) is 0 Å². The average molecular weight is 273 g/mol. The summed E-state index contributed by atoms with van der Waals surface area (Å²) in [5, 5.41) is 4.40. The van der Waals surface area contributed by atoms with E-state index in [4.69, 9.17) is 11.6 Å². The molecule has 0 aromatic heterocycles. The summed E-state index contributed by atoms with van der Waals surface area (Å²) in [5.74, 6) is -1.40. The molecule has 0 saturated carbocycles. The Labute approximate surface area is 110 Å². The molecule has 1 aromatic carbocycles. The lowest BCUT2D eigenvalue weighted by molar-refractivity contribution is -0.120. The van der Waals surface area contributed by atoms with Crippen molar-refractivity contribution in [3.05, 3.63) is 35.6 Å². The quantitative estimate of drug-likeness (QED) is 0.627. The Hall–Kier alpha value is -1.62. The highest BCUT2D eigenvalue weighted by molar-refractivity contribution is 6.30. The van der Waals surface area contributed by atoms with Gasteiger partial charge in [-0.25, -0.2) is 4.39 Å². The van der Waals surface area contributed by atoms with E-state index in [1.807, 2.05) is 0 Å². The molecule has 0 aliphatic rings. The van der Waals surface area contributed by atoms with E-state index in [1.165, 1.54) is 18.2 Å². The van der Waals surface area contributed by atoms with Crippen molar-refractivity contribution in [1.29, 1.82) is 0 Å². The Bertz CT molecular complexity index is 438. The molecule has 0 heterocycles. The Morgan fingerprint density at radius 3 is 2.50 bits per heavy atom. The molecular weight excluding hydrogens is 259 g/mol. The molecule has 2 N–H and O–H groups in total. The van der Waals surface area contributed by atoms with Gasteiger partial charge in [0.1, 0.15) is 11.2 Å². The van der Waals surface area contributed by atoms with Gasteiger partial charge >= 0.3 is 0 Å². The van der Waals surface area contributed by atoms with Crippen LogP contribution in [0.1, 0.15) is 17.3 Å². The van der Waals surface area contributed by atoms with Crippen LogP contribution in [0.5, 0.6) is 0 Å². The van der Waals surface area contributed by atoms with E-state index in [2.05, 4.69) is 10.6 Å². The number of nitrogens with one attached hydrogen (secondary N) is 2. The SMILES string of the molecule is CC(Cl)C(=O)NCCNC(=O)c1ccccc1F. The largest absolute Gasteiger partial charge is 0.353 e. The van der Waals surface area contributed by atoms with Crippen molar-refractivity contribution in [2.24, 2.45) is 0 Å². The molecule has 18 heavy (non-hydrogen) atoms. The molecular formula is C12H14ClFN2O2. The van der Waals surface area contributed by atoms with Crippen molar-refractivity contribution in [1.82, 2.24) is 10.6 Å². The third-order valence-corrected chi connectivity index (χ3v) is 2.39. The van der Waals surface area contributed by atoms with Gasteiger partial charge in [-0.15, -0.1) is 11.6 Å². The summed E-state index contributed by atoms with van der Waals surface area (Å²) in [6, 6.07) is 5.69. The van der Waals surface area contributed by atoms with Crippen molar-refractivity contribution >= 4 is 23.4 Å². The maximum atomic E-state index is 13.2. The number of amides is 2. The zero-order chi connectivity index (χ0) is 13.5. The molecule has 1 unspecified atom stereocenters. The van der Waals surface area contributed by atoms with Gasteiger partial charge in [-0.2, -0.15) is 0 Å². The van der Waals surface area contributed by atoms with Gasteiger partial charge < -0.3 is 10.6 Å². The van der Waals surface area contributed by atoms with Crippen LogP contribution in [-0.4, -0.2) is 30.3 Å². The molecule has 98 valence electrons. The summed E-state index contributed by atoms with van der Waals surface area (Å²) in [7, 11) is 0. The second kappa shape index (κ2) is 6.96. The topological polar surface area (TPSA) is 58.2 Å². The summed E-state index contributed by atoms with van der Waals surface area (Å²) in [5.41, 5.74) is -0.0189. The molecule has 1 rings (SSSR count). The van der Waals surface area contributed by atoms with E-state index >= 15 is 0 Å². The summed E-state index contributed by atoms with van der Waals surface area (Å²) in [6.45, 7) is 2.01. The summed E-state index contributed by atoms with van der Waals surface area (Å²) in [4.78, 5) is 22.7. The Balaban J connectivity index is 2.35. The lowest BCUT2D eigenvalue weighted by Crippen LogP contribution is -2.37. The number of carbonyl (C=O) groups is 2. The molecule has 0 aliphatic carbocycles. The van der Waals surface area contributed by atoms with Gasteiger partial charge in [0, 0.05) is 13.1 Å². The molecule has 0 fully saturated rings. The van der Waals surface area contributed by atoms with Gasteiger partial charge in [0.05, 0.1) is 5.56 Å². The van der Waals surface area contributed by atoms with E-state index in [9.17, 15) is 14.0 Å².